The molecule has 3 N–H and O–H groups in total. The van der Waals surface area contributed by atoms with E-state index in [4.69, 9.17) is 9.47 Å². The fraction of sp³-hybridized carbons (Fsp3) is 0.300. The summed E-state index contributed by atoms with van der Waals surface area (Å²) in [4.78, 5) is 16.0. The van der Waals surface area contributed by atoms with E-state index in [-0.39, 0.29) is 29.9 Å². The molecule has 0 bridgehead atoms. The van der Waals surface area contributed by atoms with Crippen molar-refractivity contribution in [2.45, 2.75) is 13.5 Å². The highest BCUT2D eigenvalue weighted by Crippen LogP contribution is 2.29. The highest BCUT2D eigenvalue weighted by atomic mass is 127. The van der Waals surface area contributed by atoms with Crippen molar-refractivity contribution in [2.75, 3.05) is 33.1 Å². The molecule has 7 nitrogen and oxygen atoms in total. The molecule has 0 spiro atoms. The van der Waals surface area contributed by atoms with Crippen LogP contribution in [0.1, 0.15) is 22.8 Å². The van der Waals surface area contributed by atoms with Gasteiger partial charge < -0.3 is 25.4 Å². The molecule has 0 atom stereocenters. The van der Waals surface area contributed by atoms with Gasteiger partial charge in [0.15, 0.2) is 17.5 Å². The van der Waals surface area contributed by atoms with E-state index in [0.29, 0.717) is 36.1 Å². The Morgan fingerprint density at radius 2 is 1.68 bits per heavy atom. The summed E-state index contributed by atoms with van der Waals surface area (Å²) in [5.41, 5.74) is 2.51. The fourth-order valence-corrected chi connectivity index (χ4v) is 2.45. The molecule has 28 heavy (non-hydrogen) atoms. The summed E-state index contributed by atoms with van der Waals surface area (Å²) in [5.74, 6) is 1.86. The van der Waals surface area contributed by atoms with Crippen LogP contribution in [0.2, 0.25) is 0 Å². The van der Waals surface area contributed by atoms with Crippen LogP contribution in [0.4, 0.5) is 5.69 Å². The van der Waals surface area contributed by atoms with E-state index in [1.165, 1.54) is 0 Å². The molecular formula is C20H27IN4O3. The van der Waals surface area contributed by atoms with Crippen molar-refractivity contribution in [3.8, 4) is 11.5 Å². The summed E-state index contributed by atoms with van der Waals surface area (Å²) >= 11 is 0. The van der Waals surface area contributed by atoms with Crippen molar-refractivity contribution >= 4 is 41.5 Å². The zero-order valence-electron chi connectivity index (χ0n) is 16.5. The van der Waals surface area contributed by atoms with Gasteiger partial charge in [-0.3, -0.25) is 9.79 Å². The second-order valence-corrected chi connectivity index (χ2v) is 5.68. The molecule has 0 aromatic heterocycles. The van der Waals surface area contributed by atoms with Gasteiger partial charge in [-0.25, -0.2) is 0 Å². The molecule has 0 aliphatic rings. The first kappa shape index (κ1) is 23.5. The topological polar surface area (TPSA) is 84.0 Å². The maximum absolute atomic E-state index is 11.8. The third-order valence-electron chi connectivity index (χ3n) is 3.88. The monoisotopic (exact) mass is 498 g/mol. The zero-order valence-corrected chi connectivity index (χ0v) is 18.9. The summed E-state index contributed by atoms with van der Waals surface area (Å²) in [6.07, 6.45) is 0. The van der Waals surface area contributed by atoms with E-state index in [2.05, 4.69) is 20.9 Å². The predicted octanol–water partition coefficient (Wildman–Crippen LogP) is 3.26. The van der Waals surface area contributed by atoms with Gasteiger partial charge in [0.2, 0.25) is 0 Å². The molecule has 0 radical (unpaired) electrons. The van der Waals surface area contributed by atoms with E-state index in [9.17, 15) is 4.79 Å². The van der Waals surface area contributed by atoms with Gasteiger partial charge >= 0.3 is 0 Å². The number of methoxy groups -OCH3 is 2. The first-order chi connectivity index (χ1) is 13.1. The molecule has 0 saturated carbocycles. The van der Waals surface area contributed by atoms with Crippen LogP contribution in [-0.2, 0) is 6.54 Å². The van der Waals surface area contributed by atoms with Crippen molar-refractivity contribution < 1.29 is 14.3 Å². The van der Waals surface area contributed by atoms with E-state index in [1.807, 2.05) is 49.4 Å². The van der Waals surface area contributed by atoms with Gasteiger partial charge in [-0.2, -0.15) is 0 Å². The predicted molar refractivity (Wildman–Crippen MR) is 123 cm³/mol. The Balaban J connectivity index is 0.00000392. The average Bonchev–Trinajstić information content (AvgIpc) is 2.71. The largest absolute Gasteiger partial charge is 0.493 e. The summed E-state index contributed by atoms with van der Waals surface area (Å²) in [7, 11) is 4.90. The molecule has 152 valence electrons. The van der Waals surface area contributed by atoms with Gasteiger partial charge in [-0.15, -0.1) is 24.0 Å². The minimum absolute atomic E-state index is 0. The SMILES string of the molecule is CCNC(=O)c1ccc(CNC(=NC)Nc2ccc(OC)c(OC)c2)cc1.I. The number of hydrogen-bond acceptors (Lipinski definition) is 4. The Bertz CT molecular complexity index is 795. The Morgan fingerprint density at radius 3 is 2.25 bits per heavy atom. The highest BCUT2D eigenvalue weighted by molar-refractivity contribution is 14.0. The third kappa shape index (κ3) is 6.59. The van der Waals surface area contributed by atoms with Crippen LogP contribution in [-0.4, -0.2) is 39.7 Å². The van der Waals surface area contributed by atoms with Gasteiger partial charge in [0.1, 0.15) is 0 Å². The molecular weight excluding hydrogens is 471 g/mol. The molecule has 0 saturated heterocycles. The number of nitrogens with zero attached hydrogens (tertiary/aromatic N) is 1. The summed E-state index contributed by atoms with van der Waals surface area (Å²) in [6, 6.07) is 13.0. The van der Waals surface area contributed by atoms with E-state index in [0.717, 1.165) is 11.3 Å². The molecule has 2 rings (SSSR count). The van der Waals surface area contributed by atoms with E-state index >= 15 is 0 Å². The van der Waals surface area contributed by atoms with Crippen molar-refractivity contribution in [3.05, 3.63) is 53.6 Å². The molecule has 0 heterocycles. The molecule has 0 fully saturated rings. The molecule has 8 heteroatoms. The van der Waals surface area contributed by atoms with Crippen LogP contribution in [0.15, 0.2) is 47.5 Å². The van der Waals surface area contributed by atoms with E-state index < -0.39 is 0 Å². The maximum Gasteiger partial charge on any atom is 0.251 e. The van der Waals surface area contributed by atoms with Crippen LogP contribution in [0.3, 0.4) is 0 Å². The van der Waals surface area contributed by atoms with Crippen LogP contribution in [0.5, 0.6) is 11.5 Å². The number of aliphatic imine (C=N–C) groups is 1. The van der Waals surface area contributed by atoms with Crippen molar-refractivity contribution in [3.63, 3.8) is 0 Å². The van der Waals surface area contributed by atoms with Crippen molar-refractivity contribution in [1.82, 2.24) is 10.6 Å². The molecule has 0 unspecified atom stereocenters. The average molecular weight is 498 g/mol. The number of ether oxygens (including phenoxy) is 2. The first-order valence-corrected chi connectivity index (χ1v) is 8.68. The third-order valence-corrected chi connectivity index (χ3v) is 3.88. The van der Waals surface area contributed by atoms with Crippen LogP contribution in [0.25, 0.3) is 0 Å². The van der Waals surface area contributed by atoms with Gasteiger partial charge in [-0.1, -0.05) is 12.1 Å². The minimum atomic E-state index is -0.0667. The van der Waals surface area contributed by atoms with Crippen molar-refractivity contribution in [2.24, 2.45) is 4.99 Å². The Kier molecular flexibility index (Phi) is 10.1. The standard InChI is InChI=1S/C20H26N4O3.HI/c1-5-22-19(25)15-8-6-14(7-9-15)13-23-20(21-2)24-16-10-11-17(26-3)18(12-16)27-4;/h6-12H,5,13H2,1-4H3,(H,22,25)(H2,21,23,24);1H. The Morgan fingerprint density at radius 1 is 1.00 bits per heavy atom. The molecule has 0 aliphatic heterocycles. The number of carbonyl (C=O) groups excluding carboxylic acids is 1. The minimum Gasteiger partial charge on any atom is -0.493 e. The molecule has 2 aromatic carbocycles. The van der Waals surface area contributed by atoms with Gasteiger partial charge in [0.05, 0.1) is 14.2 Å². The fourth-order valence-electron chi connectivity index (χ4n) is 2.45. The number of rotatable bonds is 7. The lowest BCUT2D eigenvalue weighted by molar-refractivity contribution is 0.0956. The lowest BCUT2D eigenvalue weighted by atomic mass is 10.1. The second-order valence-electron chi connectivity index (χ2n) is 5.68. The molecule has 1 amide bonds. The summed E-state index contributed by atoms with van der Waals surface area (Å²) < 4.78 is 10.6. The zero-order chi connectivity index (χ0) is 19.6. The van der Waals surface area contributed by atoms with Gasteiger partial charge in [-0.05, 0) is 36.8 Å². The Hall–Kier alpha value is -2.49. The number of guanidine groups is 1. The first-order valence-electron chi connectivity index (χ1n) is 8.68. The van der Waals surface area contributed by atoms with Crippen LogP contribution in [0, 0.1) is 0 Å². The van der Waals surface area contributed by atoms with Gasteiger partial charge in [0, 0.05) is 37.5 Å². The number of hydrogen-bond donors (Lipinski definition) is 3. The Labute approximate surface area is 182 Å². The summed E-state index contributed by atoms with van der Waals surface area (Å²) in [6.45, 7) is 3.08. The lowest BCUT2D eigenvalue weighted by Gasteiger charge is -2.14. The number of carbonyl (C=O) groups is 1. The van der Waals surface area contributed by atoms with Crippen LogP contribution >= 0.6 is 24.0 Å². The highest BCUT2D eigenvalue weighted by Gasteiger charge is 2.07. The maximum atomic E-state index is 11.8. The number of halogens is 1. The second kappa shape index (κ2) is 12.1. The summed E-state index contributed by atoms with van der Waals surface area (Å²) in [5, 5.41) is 9.23. The number of nitrogens with one attached hydrogen (secondary N) is 3. The molecule has 0 aliphatic carbocycles. The number of anilines is 1. The quantitative estimate of drug-likeness (QED) is 0.310. The van der Waals surface area contributed by atoms with Crippen molar-refractivity contribution in [1.29, 1.82) is 0 Å². The number of amides is 1. The smallest absolute Gasteiger partial charge is 0.251 e. The normalized spacial score (nSPS) is 10.5. The van der Waals surface area contributed by atoms with E-state index in [1.54, 1.807) is 21.3 Å². The number of benzene rings is 2. The van der Waals surface area contributed by atoms with Crippen LogP contribution < -0.4 is 25.4 Å². The molecule has 2 aromatic rings. The lowest BCUT2D eigenvalue weighted by Crippen LogP contribution is -2.30. The van der Waals surface area contributed by atoms with Gasteiger partial charge in [0.25, 0.3) is 5.91 Å².